The predicted molar refractivity (Wildman–Crippen MR) is 70.9 cm³/mol. The van der Waals surface area contributed by atoms with Gasteiger partial charge in [0.15, 0.2) is 0 Å². The van der Waals surface area contributed by atoms with E-state index in [0.717, 1.165) is 26.8 Å². The van der Waals surface area contributed by atoms with Crippen LogP contribution in [0.2, 0.25) is 5.02 Å². The Morgan fingerprint density at radius 2 is 2.12 bits per heavy atom. The van der Waals surface area contributed by atoms with E-state index in [0.29, 0.717) is 17.5 Å². The van der Waals surface area contributed by atoms with Crippen LogP contribution in [-0.2, 0) is 6.54 Å². The summed E-state index contributed by atoms with van der Waals surface area (Å²) >= 11 is 9.50. The van der Waals surface area contributed by atoms with Gasteiger partial charge in [0.1, 0.15) is 11.3 Å². The number of hydrogen-bond acceptors (Lipinski definition) is 2. The largest absolute Gasteiger partial charge is 0.458 e. The van der Waals surface area contributed by atoms with Gasteiger partial charge in [-0.05, 0) is 34.0 Å². The van der Waals surface area contributed by atoms with Gasteiger partial charge in [-0.2, -0.15) is 0 Å². The molecule has 16 heavy (non-hydrogen) atoms. The van der Waals surface area contributed by atoms with Gasteiger partial charge in [0.2, 0.25) is 0 Å². The van der Waals surface area contributed by atoms with Crippen LogP contribution in [0.5, 0.6) is 0 Å². The second-order valence-corrected chi connectivity index (χ2v) is 5.35. The minimum atomic E-state index is 0.366. The molecule has 0 aliphatic carbocycles. The molecule has 1 heterocycles. The highest BCUT2D eigenvalue weighted by atomic mass is 79.9. The summed E-state index contributed by atoms with van der Waals surface area (Å²) < 4.78 is 6.64. The monoisotopic (exact) mass is 301 g/mol. The predicted octanol–water partition coefficient (Wildman–Crippen LogP) is 4.43. The second kappa shape index (κ2) is 4.40. The van der Waals surface area contributed by atoms with Crippen LogP contribution in [0.25, 0.3) is 11.0 Å². The fourth-order valence-corrected chi connectivity index (χ4v) is 2.87. The lowest BCUT2D eigenvalue weighted by Crippen LogP contribution is -1.99. The Morgan fingerprint density at radius 1 is 1.44 bits per heavy atom. The summed E-state index contributed by atoms with van der Waals surface area (Å²) in [4.78, 5) is 0. The highest BCUT2D eigenvalue weighted by Crippen LogP contribution is 2.37. The number of furan rings is 1. The smallest absolute Gasteiger partial charge is 0.148 e. The van der Waals surface area contributed by atoms with Crippen molar-refractivity contribution in [1.82, 2.24) is 0 Å². The summed E-state index contributed by atoms with van der Waals surface area (Å²) in [5.41, 5.74) is 7.68. The third-order valence-electron chi connectivity index (χ3n) is 2.59. The van der Waals surface area contributed by atoms with Gasteiger partial charge in [0.05, 0.1) is 11.0 Å². The van der Waals surface area contributed by atoms with Crippen LogP contribution >= 0.6 is 27.5 Å². The zero-order chi connectivity index (χ0) is 11.9. The maximum Gasteiger partial charge on any atom is 0.148 e. The first-order valence-corrected chi connectivity index (χ1v) is 6.32. The number of nitrogens with two attached hydrogens (primary N) is 1. The zero-order valence-electron chi connectivity index (χ0n) is 9.18. The highest BCUT2D eigenvalue weighted by molar-refractivity contribution is 9.10. The van der Waals surface area contributed by atoms with E-state index in [9.17, 15) is 0 Å². The molecule has 2 rings (SSSR count). The van der Waals surface area contributed by atoms with Gasteiger partial charge in [-0.3, -0.25) is 0 Å². The Kier molecular flexibility index (Phi) is 3.29. The first-order valence-electron chi connectivity index (χ1n) is 5.15. The van der Waals surface area contributed by atoms with Gasteiger partial charge in [0.25, 0.3) is 0 Å². The van der Waals surface area contributed by atoms with Crippen molar-refractivity contribution in [1.29, 1.82) is 0 Å². The molecule has 0 atom stereocenters. The Labute approximate surface area is 108 Å². The second-order valence-electron chi connectivity index (χ2n) is 4.06. The molecule has 0 aliphatic rings. The normalized spacial score (nSPS) is 11.6. The molecule has 0 saturated carbocycles. The summed E-state index contributed by atoms with van der Waals surface area (Å²) in [5, 5.41) is 1.75. The van der Waals surface area contributed by atoms with Gasteiger partial charge >= 0.3 is 0 Å². The molecule has 0 spiro atoms. The van der Waals surface area contributed by atoms with E-state index in [-0.39, 0.29) is 0 Å². The summed E-state index contributed by atoms with van der Waals surface area (Å²) in [5.74, 6) is 1.21. The lowest BCUT2D eigenvalue weighted by molar-refractivity contribution is 0.540. The molecule has 4 heteroatoms. The van der Waals surface area contributed by atoms with Gasteiger partial charge in [-0.15, -0.1) is 0 Å². The number of hydrogen-bond donors (Lipinski definition) is 1. The number of rotatable bonds is 2. The quantitative estimate of drug-likeness (QED) is 0.891. The molecule has 0 unspecified atom stereocenters. The fourth-order valence-electron chi connectivity index (χ4n) is 1.98. The lowest BCUT2D eigenvalue weighted by atomic mass is 9.99. The molecule has 0 aliphatic heterocycles. The van der Waals surface area contributed by atoms with Crippen molar-refractivity contribution in [2.45, 2.75) is 26.3 Å². The third-order valence-corrected chi connectivity index (χ3v) is 3.39. The van der Waals surface area contributed by atoms with Crippen LogP contribution in [0.1, 0.15) is 31.1 Å². The molecule has 0 radical (unpaired) electrons. The van der Waals surface area contributed by atoms with Crippen molar-refractivity contribution in [3.05, 3.63) is 33.0 Å². The van der Waals surface area contributed by atoms with E-state index in [1.807, 2.05) is 12.1 Å². The van der Waals surface area contributed by atoms with Gasteiger partial charge in [-0.1, -0.05) is 25.4 Å². The molecular weight excluding hydrogens is 289 g/mol. The standard InChI is InChI=1S/C12H13BrClNO/c1-6(2)11-8-3-7(14)4-9(13)12(8)16-10(11)5-15/h3-4,6H,5,15H2,1-2H3. The highest BCUT2D eigenvalue weighted by Gasteiger charge is 2.18. The number of halogens is 2. The van der Waals surface area contributed by atoms with Crippen LogP contribution in [0.15, 0.2) is 21.0 Å². The van der Waals surface area contributed by atoms with E-state index in [4.69, 9.17) is 21.8 Å². The van der Waals surface area contributed by atoms with E-state index >= 15 is 0 Å². The Hall–Kier alpha value is -0.510. The first kappa shape index (κ1) is 12.0. The molecule has 0 bridgehead atoms. The molecule has 1 aromatic carbocycles. The first-order chi connectivity index (χ1) is 7.54. The summed E-state index contributed by atoms with van der Waals surface area (Å²) in [6.07, 6.45) is 0. The third kappa shape index (κ3) is 1.88. The minimum Gasteiger partial charge on any atom is -0.458 e. The van der Waals surface area contributed by atoms with Crippen LogP contribution in [0.3, 0.4) is 0 Å². The van der Waals surface area contributed by atoms with Crippen molar-refractivity contribution in [2.24, 2.45) is 5.73 Å². The Morgan fingerprint density at radius 3 is 2.69 bits per heavy atom. The molecular formula is C12H13BrClNO. The van der Waals surface area contributed by atoms with Crippen molar-refractivity contribution >= 4 is 38.5 Å². The van der Waals surface area contributed by atoms with E-state index < -0.39 is 0 Å². The van der Waals surface area contributed by atoms with Crippen molar-refractivity contribution in [3.8, 4) is 0 Å². The summed E-state index contributed by atoms with van der Waals surface area (Å²) in [7, 11) is 0. The SMILES string of the molecule is CC(C)c1c(CN)oc2c(Br)cc(Cl)cc12. The fraction of sp³-hybridized carbons (Fsp3) is 0.333. The molecule has 2 aromatic rings. The molecule has 2 nitrogen and oxygen atoms in total. The maximum absolute atomic E-state index is 6.05. The van der Waals surface area contributed by atoms with E-state index in [1.165, 1.54) is 0 Å². The minimum absolute atomic E-state index is 0.366. The number of fused-ring (bicyclic) bond motifs is 1. The van der Waals surface area contributed by atoms with E-state index in [1.54, 1.807) is 0 Å². The van der Waals surface area contributed by atoms with Crippen LogP contribution < -0.4 is 5.73 Å². The molecule has 0 saturated heterocycles. The average molecular weight is 303 g/mol. The van der Waals surface area contributed by atoms with Crippen molar-refractivity contribution < 1.29 is 4.42 Å². The maximum atomic E-state index is 6.05. The Bertz CT molecular complexity index is 533. The molecule has 0 amide bonds. The van der Waals surface area contributed by atoms with Gasteiger partial charge in [0, 0.05) is 16.0 Å². The molecule has 1 aromatic heterocycles. The lowest BCUT2D eigenvalue weighted by Gasteiger charge is -2.04. The van der Waals surface area contributed by atoms with Crippen LogP contribution in [-0.4, -0.2) is 0 Å². The molecule has 2 N–H and O–H groups in total. The Balaban J connectivity index is 2.84. The molecule has 86 valence electrons. The van der Waals surface area contributed by atoms with Gasteiger partial charge < -0.3 is 10.2 Å². The summed E-state index contributed by atoms with van der Waals surface area (Å²) in [6, 6.07) is 3.76. The average Bonchev–Trinajstić information content (AvgIpc) is 2.56. The summed E-state index contributed by atoms with van der Waals surface area (Å²) in [6.45, 7) is 4.66. The van der Waals surface area contributed by atoms with E-state index in [2.05, 4.69) is 29.8 Å². The topological polar surface area (TPSA) is 39.2 Å². The van der Waals surface area contributed by atoms with Gasteiger partial charge in [-0.25, -0.2) is 0 Å². The van der Waals surface area contributed by atoms with Crippen molar-refractivity contribution in [3.63, 3.8) is 0 Å². The van der Waals surface area contributed by atoms with Crippen molar-refractivity contribution in [2.75, 3.05) is 0 Å². The molecule has 0 fully saturated rings. The zero-order valence-corrected chi connectivity index (χ0v) is 11.5. The van der Waals surface area contributed by atoms with Crippen LogP contribution in [0, 0.1) is 0 Å². The number of benzene rings is 1. The van der Waals surface area contributed by atoms with Crippen LogP contribution in [0.4, 0.5) is 0 Å².